The van der Waals surface area contributed by atoms with E-state index in [4.69, 9.17) is 4.74 Å². The van der Waals surface area contributed by atoms with E-state index in [1.807, 2.05) is 37.3 Å². The SMILES string of the molecule is CC(CNCC1CC1(C)C)C(=O)OCc1ccccc1. The first kappa shape index (κ1) is 15.0. The molecule has 1 saturated carbocycles. The number of rotatable bonds is 7. The summed E-state index contributed by atoms with van der Waals surface area (Å²) >= 11 is 0. The molecule has 1 aromatic carbocycles. The molecular formula is C17H25NO2. The second kappa shape index (κ2) is 6.40. The Bertz CT molecular complexity index is 442. The lowest BCUT2D eigenvalue weighted by molar-refractivity contribution is -0.149. The zero-order valence-corrected chi connectivity index (χ0v) is 12.7. The van der Waals surface area contributed by atoms with Crippen molar-refractivity contribution in [2.24, 2.45) is 17.3 Å². The number of carbonyl (C=O) groups excluding carboxylic acids is 1. The van der Waals surface area contributed by atoms with Crippen molar-refractivity contribution in [1.29, 1.82) is 0 Å². The first-order chi connectivity index (χ1) is 9.49. The van der Waals surface area contributed by atoms with Crippen molar-refractivity contribution in [3.63, 3.8) is 0 Å². The second-order valence-electron chi connectivity index (χ2n) is 6.54. The fourth-order valence-corrected chi connectivity index (χ4v) is 2.35. The average Bonchev–Trinajstić information content (AvgIpc) is 3.04. The Morgan fingerprint density at radius 3 is 2.65 bits per heavy atom. The monoisotopic (exact) mass is 275 g/mol. The number of nitrogens with one attached hydrogen (secondary N) is 1. The lowest BCUT2D eigenvalue weighted by Crippen LogP contribution is -2.29. The molecule has 0 amide bonds. The smallest absolute Gasteiger partial charge is 0.310 e. The highest BCUT2D eigenvalue weighted by Gasteiger charge is 2.44. The van der Waals surface area contributed by atoms with Crippen LogP contribution in [0.2, 0.25) is 0 Å². The van der Waals surface area contributed by atoms with Crippen molar-refractivity contribution >= 4 is 5.97 Å². The van der Waals surface area contributed by atoms with Gasteiger partial charge in [-0.1, -0.05) is 51.1 Å². The van der Waals surface area contributed by atoms with E-state index < -0.39 is 0 Å². The van der Waals surface area contributed by atoms with Crippen molar-refractivity contribution in [1.82, 2.24) is 5.32 Å². The average molecular weight is 275 g/mol. The second-order valence-corrected chi connectivity index (χ2v) is 6.54. The third kappa shape index (κ3) is 4.34. The van der Waals surface area contributed by atoms with E-state index in [1.54, 1.807) is 0 Å². The van der Waals surface area contributed by atoms with Gasteiger partial charge in [0.2, 0.25) is 0 Å². The number of benzene rings is 1. The van der Waals surface area contributed by atoms with E-state index in [-0.39, 0.29) is 11.9 Å². The fourth-order valence-electron chi connectivity index (χ4n) is 2.35. The van der Waals surface area contributed by atoms with Crippen LogP contribution in [0.1, 0.15) is 32.8 Å². The Balaban J connectivity index is 1.62. The molecular weight excluding hydrogens is 250 g/mol. The van der Waals surface area contributed by atoms with Crippen molar-refractivity contribution < 1.29 is 9.53 Å². The summed E-state index contributed by atoms with van der Waals surface area (Å²) < 4.78 is 5.33. The Morgan fingerprint density at radius 2 is 2.05 bits per heavy atom. The number of hydrogen-bond donors (Lipinski definition) is 1. The van der Waals surface area contributed by atoms with Gasteiger partial charge < -0.3 is 10.1 Å². The van der Waals surface area contributed by atoms with Gasteiger partial charge in [-0.25, -0.2) is 0 Å². The molecule has 0 aliphatic heterocycles. The van der Waals surface area contributed by atoms with E-state index in [1.165, 1.54) is 6.42 Å². The summed E-state index contributed by atoms with van der Waals surface area (Å²) in [7, 11) is 0. The highest BCUT2D eigenvalue weighted by Crippen LogP contribution is 2.50. The van der Waals surface area contributed by atoms with Gasteiger partial charge in [0.25, 0.3) is 0 Å². The van der Waals surface area contributed by atoms with Crippen LogP contribution in [0.4, 0.5) is 0 Å². The van der Waals surface area contributed by atoms with Crippen LogP contribution in [-0.4, -0.2) is 19.1 Å². The molecule has 1 fully saturated rings. The van der Waals surface area contributed by atoms with Crippen molar-refractivity contribution in [2.45, 2.75) is 33.8 Å². The molecule has 20 heavy (non-hydrogen) atoms. The van der Waals surface area contributed by atoms with Gasteiger partial charge in [-0.2, -0.15) is 0 Å². The molecule has 0 heterocycles. The summed E-state index contributed by atoms with van der Waals surface area (Å²) in [5.74, 6) is 0.534. The minimum absolute atomic E-state index is 0.0967. The zero-order chi connectivity index (χ0) is 14.6. The maximum Gasteiger partial charge on any atom is 0.310 e. The van der Waals surface area contributed by atoms with E-state index in [0.717, 1.165) is 18.0 Å². The van der Waals surface area contributed by atoms with Gasteiger partial charge >= 0.3 is 5.97 Å². The van der Waals surface area contributed by atoms with Crippen LogP contribution in [0.25, 0.3) is 0 Å². The maximum absolute atomic E-state index is 11.9. The minimum atomic E-state index is -0.128. The number of esters is 1. The molecule has 2 atom stereocenters. The summed E-state index contributed by atoms with van der Waals surface area (Å²) in [5, 5.41) is 3.38. The summed E-state index contributed by atoms with van der Waals surface area (Å²) in [5.41, 5.74) is 1.52. The first-order valence-electron chi connectivity index (χ1n) is 7.40. The normalized spacial score (nSPS) is 21.2. The number of hydrogen-bond acceptors (Lipinski definition) is 3. The summed E-state index contributed by atoms with van der Waals surface area (Å²) in [4.78, 5) is 11.9. The molecule has 0 spiro atoms. The molecule has 2 unspecified atom stereocenters. The third-order valence-corrected chi connectivity index (χ3v) is 4.19. The Hall–Kier alpha value is -1.35. The van der Waals surface area contributed by atoms with Gasteiger partial charge in [0.05, 0.1) is 5.92 Å². The van der Waals surface area contributed by atoms with Crippen LogP contribution < -0.4 is 5.32 Å². The van der Waals surface area contributed by atoms with E-state index in [2.05, 4.69) is 19.2 Å². The van der Waals surface area contributed by atoms with E-state index in [9.17, 15) is 4.79 Å². The quantitative estimate of drug-likeness (QED) is 0.777. The molecule has 3 heteroatoms. The largest absolute Gasteiger partial charge is 0.461 e. The van der Waals surface area contributed by atoms with Crippen LogP contribution in [0.15, 0.2) is 30.3 Å². The maximum atomic E-state index is 11.9. The van der Waals surface area contributed by atoms with Crippen LogP contribution in [0.5, 0.6) is 0 Å². The van der Waals surface area contributed by atoms with Gasteiger partial charge in [0.1, 0.15) is 6.61 Å². The zero-order valence-electron chi connectivity index (χ0n) is 12.7. The van der Waals surface area contributed by atoms with Crippen molar-refractivity contribution in [3.05, 3.63) is 35.9 Å². The van der Waals surface area contributed by atoms with Crippen LogP contribution in [0, 0.1) is 17.3 Å². The van der Waals surface area contributed by atoms with E-state index in [0.29, 0.717) is 18.6 Å². The predicted octanol–water partition coefficient (Wildman–Crippen LogP) is 3.00. The lowest BCUT2D eigenvalue weighted by Gasteiger charge is -2.13. The Morgan fingerprint density at radius 1 is 1.40 bits per heavy atom. The number of carbonyl (C=O) groups is 1. The van der Waals surface area contributed by atoms with Crippen LogP contribution >= 0.6 is 0 Å². The molecule has 1 N–H and O–H groups in total. The molecule has 1 aliphatic carbocycles. The molecule has 0 saturated heterocycles. The highest BCUT2D eigenvalue weighted by molar-refractivity contribution is 5.72. The summed E-state index contributed by atoms with van der Waals surface area (Å²) in [6, 6.07) is 9.78. The Kier molecular flexibility index (Phi) is 4.81. The van der Waals surface area contributed by atoms with Crippen molar-refractivity contribution in [2.75, 3.05) is 13.1 Å². The Labute approximate surface area is 121 Å². The summed E-state index contributed by atoms with van der Waals surface area (Å²) in [6.45, 7) is 8.55. The topological polar surface area (TPSA) is 38.3 Å². The van der Waals surface area contributed by atoms with Gasteiger partial charge in [-0.05, 0) is 29.9 Å². The molecule has 0 bridgehead atoms. The van der Waals surface area contributed by atoms with Gasteiger partial charge in [-0.15, -0.1) is 0 Å². The molecule has 110 valence electrons. The third-order valence-electron chi connectivity index (χ3n) is 4.19. The molecule has 0 aromatic heterocycles. The van der Waals surface area contributed by atoms with Gasteiger partial charge in [0.15, 0.2) is 0 Å². The molecule has 1 aromatic rings. The molecule has 0 radical (unpaired) electrons. The minimum Gasteiger partial charge on any atom is -0.461 e. The molecule has 1 aliphatic rings. The standard InChI is InChI=1S/C17H25NO2/c1-13(10-18-11-15-9-17(15,2)3)16(19)20-12-14-7-5-4-6-8-14/h4-8,13,15,18H,9-12H2,1-3H3. The highest BCUT2D eigenvalue weighted by atomic mass is 16.5. The van der Waals surface area contributed by atoms with Crippen LogP contribution in [0.3, 0.4) is 0 Å². The first-order valence-corrected chi connectivity index (χ1v) is 7.40. The molecule has 3 nitrogen and oxygen atoms in total. The number of ether oxygens (including phenoxy) is 1. The van der Waals surface area contributed by atoms with Gasteiger partial charge in [-0.3, -0.25) is 4.79 Å². The predicted molar refractivity (Wildman–Crippen MR) is 80.2 cm³/mol. The molecule has 2 rings (SSSR count). The summed E-state index contributed by atoms with van der Waals surface area (Å²) in [6.07, 6.45) is 1.28. The van der Waals surface area contributed by atoms with Crippen molar-refractivity contribution in [3.8, 4) is 0 Å². The van der Waals surface area contributed by atoms with Gasteiger partial charge in [0, 0.05) is 6.54 Å². The lowest BCUT2D eigenvalue weighted by atomic mass is 10.1. The fraction of sp³-hybridized carbons (Fsp3) is 0.588. The van der Waals surface area contributed by atoms with E-state index >= 15 is 0 Å². The van der Waals surface area contributed by atoms with Crippen LogP contribution in [-0.2, 0) is 16.1 Å².